The van der Waals surface area contributed by atoms with Gasteiger partial charge in [-0.25, -0.2) is 4.79 Å². The largest absolute Gasteiger partial charge is 0.461 e. The van der Waals surface area contributed by atoms with E-state index in [4.69, 9.17) is 4.74 Å². The molecule has 0 N–H and O–H groups in total. The van der Waals surface area contributed by atoms with Gasteiger partial charge in [-0.3, -0.25) is 0 Å². The van der Waals surface area contributed by atoms with Crippen LogP contribution in [0, 0.1) is 0 Å². The number of ether oxygens (including phenoxy) is 1. The third-order valence-corrected chi connectivity index (χ3v) is 8.05. The monoisotopic (exact) mass is 512 g/mol. The Hall–Kier alpha value is -3.18. The van der Waals surface area contributed by atoms with Gasteiger partial charge in [0.1, 0.15) is 5.69 Å². The van der Waals surface area contributed by atoms with E-state index < -0.39 is 0 Å². The minimum Gasteiger partial charge on any atom is -0.461 e. The van der Waals surface area contributed by atoms with E-state index in [0.717, 1.165) is 46.6 Å². The number of esters is 1. The van der Waals surface area contributed by atoms with Crippen LogP contribution in [0.5, 0.6) is 0 Å². The van der Waals surface area contributed by atoms with Crippen molar-refractivity contribution in [2.24, 2.45) is 0 Å². The van der Waals surface area contributed by atoms with Crippen molar-refractivity contribution in [3.8, 4) is 11.1 Å². The lowest BCUT2D eigenvalue weighted by Crippen LogP contribution is -2.32. The number of para-hydroxylation sites is 1. The molecule has 0 atom stereocenters. The first-order chi connectivity index (χ1) is 17.9. The highest BCUT2D eigenvalue weighted by atomic mass is 32.2. The van der Waals surface area contributed by atoms with Crippen molar-refractivity contribution >= 4 is 34.3 Å². The Morgan fingerprint density at radius 1 is 0.946 bits per heavy atom. The fourth-order valence-corrected chi connectivity index (χ4v) is 6.07. The van der Waals surface area contributed by atoms with E-state index in [1.165, 1.54) is 16.8 Å². The van der Waals surface area contributed by atoms with E-state index in [2.05, 4.69) is 90.9 Å². The molecule has 1 aliphatic heterocycles. The van der Waals surface area contributed by atoms with E-state index in [9.17, 15) is 4.79 Å². The van der Waals surface area contributed by atoms with Crippen molar-refractivity contribution in [3.63, 3.8) is 0 Å². The molecule has 1 fully saturated rings. The highest BCUT2D eigenvalue weighted by molar-refractivity contribution is 7.99. The summed E-state index contributed by atoms with van der Waals surface area (Å²) in [4.78, 5) is 16.0. The third-order valence-electron chi connectivity index (χ3n) is 7.11. The Morgan fingerprint density at radius 2 is 1.68 bits per heavy atom. The smallest absolute Gasteiger partial charge is 0.355 e. The summed E-state index contributed by atoms with van der Waals surface area (Å²) in [7, 11) is 0. The number of carbonyl (C=O) groups excluding carboxylic acids is 1. The topological polar surface area (TPSA) is 34.5 Å². The fourth-order valence-electron chi connectivity index (χ4n) is 5.16. The molecular weight excluding hydrogens is 476 g/mol. The van der Waals surface area contributed by atoms with Crippen LogP contribution < -0.4 is 4.90 Å². The minimum atomic E-state index is -0.280. The maximum Gasteiger partial charge on any atom is 0.355 e. The number of benzene rings is 3. The summed E-state index contributed by atoms with van der Waals surface area (Å²) in [6.45, 7) is 11.6. The zero-order chi connectivity index (χ0) is 26.0. The normalized spacial score (nSPS) is 14.2. The molecule has 0 amide bonds. The first-order valence-electron chi connectivity index (χ1n) is 13.2. The second-order valence-corrected chi connectivity index (χ2v) is 11.9. The van der Waals surface area contributed by atoms with E-state index in [1.807, 2.05) is 30.8 Å². The van der Waals surface area contributed by atoms with Gasteiger partial charge in [-0.05, 0) is 47.2 Å². The average Bonchev–Trinajstić information content (AvgIpc) is 3.23. The van der Waals surface area contributed by atoms with Gasteiger partial charge in [-0.2, -0.15) is 11.8 Å². The van der Waals surface area contributed by atoms with Crippen LogP contribution in [-0.2, 0) is 16.7 Å². The van der Waals surface area contributed by atoms with Crippen molar-refractivity contribution < 1.29 is 9.53 Å². The van der Waals surface area contributed by atoms with Crippen molar-refractivity contribution in [3.05, 3.63) is 89.6 Å². The maximum atomic E-state index is 13.5. The van der Waals surface area contributed by atoms with Gasteiger partial charge in [0.05, 0.1) is 6.61 Å². The molecule has 1 saturated heterocycles. The first-order valence-corrected chi connectivity index (χ1v) is 14.3. The molecule has 37 heavy (non-hydrogen) atoms. The lowest BCUT2D eigenvalue weighted by Gasteiger charge is -2.29. The third kappa shape index (κ3) is 5.28. The standard InChI is InChI=1S/C32H36N2O2S/c1-5-36-31(35)30-29(24-13-15-25(16-14-24)32(2,3)4)27-11-6-7-12-28(27)34(30)22-23-9-8-10-26(21-23)33-17-19-37-20-18-33/h6-16,21H,5,17-20,22H2,1-4H3. The predicted molar refractivity (Wildman–Crippen MR) is 157 cm³/mol. The number of rotatable bonds is 6. The van der Waals surface area contributed by atoms with E-state index >= 15 is 0 Å². The molecule has 0 unspecified atom stereocenters. The number of thioether (sulfide) groups is 1. The number of nitrogens with zero attached hydrogens (tertiary/aromatic N) is 2. The van der Waals surface area contributed by atoms with Crippen LogP contribution in [0.2, 0.25) is 0 Å². The molecular formula is C32H36N2O2S. The van der Waals surface area contributed by atoms with Crippen molar-refractivity contribution in [2.45, 2.75) is 39.7 Å². The molecule has 1 aromatic heterocycles. The Labute approximate surface area is 224 Å². The van der Waals surface area contributed by atoms with Crippen LogP contribution >= 0.6 is 11.8 Å². The van der Waals surface area contributed by atoms with Gasteiger partial charge >= 0.3 is 5.97 Å². The Bertz CT molecular complexity index is 1390. The van der Waals surface area contributed by atoms with Crippen LogP contribution in [0.1, 0.15) is 49.3 Å². The second-order valence-electron chi connectivity index (χ2n) is 10.6. The van der Waals surface area contributed by atoms with Gasteiger partial charge in [0.25, 0.3) is 0 Å². The lowest BCUT2D eigenvalue weighted by molar-refractivity contribution is 0.0516. The molecule has 0 spiro atoms. The summed E-state index contributed by atoms with van der Waals surface area (Å²) in [5, 5.41) is 1.07. The summed E-state index contributed by atoms with van der Waals surface area (Å²) in [5.74, 6) is 2.05. The molecule has 4 aromatic rings. The van der Waals surface area contributed by atoms with Crippen LogP contribution in [0.3, 0.4) is 0 Å². The highest BCUT2D eigenvalue weighted by Crippen LogP contribution is 2.37. The number of hydrogen-bond acceptors (Lipinski definition) is 4. The lowest BCUT2D eigenvalue weighted by atomic mass is 9.86. The predicted octanol–water partition coefficient (Wildman–Crippen LogP) is 7.38. The van der Waals surface area contributed by atoms with Gasteiger partial charge < -0.3 is 14.2 Å². The summed E-state index contributed by atoms with van der Waals surface area (Å²) >= 11 is 2.02. The first kappa shape index (κ1) is 25.5. The molecule has 3 aromatic carbocycles. The van der Waals surface area contributed by atoms with Crippen LogP contribution in [0.4, 0.5) is 5.69 Å². The second kappa shape index (κ2) is 10.7. The number of fused-ring (bicyclic) bond motifs is 1. The number of anilines is 1. The van der Waals surface area contributed by atoms with Crippen molar-refractivity contribution in [2.75, 3.05) is 36.1 Å². The number of aromatic nitrogens is 1. The van der Waals surface area contributed by atoms with Crippen molar-refractivity contribution in [1.82, 2.24) is 4.57 Å². The number of carbonyl (C=O) groups is 1. The van der Waals surface area contributed by atoms with Gasteiger partial charge in [0.2, 0.25) is 0 Å². The minimum absolute atomic E-state index is 0.0640. The molecule has 0 aliphatic carbocycles. The van der Waals surface area contributed by atoms with Gasteiger partial charge in [0.15, 0.2) is 0 Å². The molecule has 1 aliphatic rings. The molecule has 0 saturated carbocycles. The Balaban J connectivity index is 1.63. The van der Waals surface area contributed by atoms with E-state index in [-0.39, 0.29) is 11.4 Å². The molecule has 5 rings (SSSR count). The summed E-state index contributed by atoms with van der Waals surface area (Å²) in [6.07, 6.45) is 0. The molecule has 0 radical (unpaired) electrons. The molecule has 2 heterocycles. The van der Waals surface area contributed by atoms with Gasteiger partial charge in [-0.1, -0.05) is 75.4 Å². The zero-order valence-corrected chi connectivity index (χ0v) is 23.1. The highest BCUT2D eigenvalue weighted by Gasteiger charge is 2.25. The number of hydrogen-bond donors (Lipinski definition) is 0. The molecule has 192 valence electrons. The van der Waals surface area contributed by atoms with Gasteiger partial charge in [0, 0.05) is 53.3 Å². The van der Waals surface area contributed by atoms with Crippen LogP contribution in [-0.4, -0.2) is 41.7 Å². The summed E-state index contributed by atoms with van der Waals surface area (Å²) in [5.41, 5.74) is 7.40. The summed E-state index contributed by atoms with van der Waals surface area (Å²) in [6, 6.07) is 25.7. The van der Waals surface area contributed by atoms with E-state index in [0.29, 0.717) is 18.8 Å². The Morgan fingerprint density at radius 3 is 2.38 bits per heavy atom. The average molecular weight is 513 g/mol. The van der Waals surface area contributed by atoms with E-state index in [1.54, 1.807) is 0 Å². The maximum absolute atomic E-state index is 13.5. The zero-order valence-electron chi connectivity index (χ0n) is 22.3. The van der Waals surface area contributed by atoms with Crippen molar-refractivity contribution in [1.29, 1.82) is 0 Å². The van der Waals surface area contributed by atoms with Crippen LogP contribution in [0.25, 0.3) is 22.0 Å². The molecule has 5 heteroatoms. The summed E-state index contributed by atoms with van der Waals surface area (Å²) < 4.78 is 7.77. The SMILES string of the molecule is CCOC(=O)c1c(-c2ccc(C(C)(C)C)cc2)c2ccccc2n1Cc1cccc(N2CCSCC2)c1. The quantitative estimate of drug-likeness (QED) is 0.252. The molecule has 0 bridgehead atoms. The molecule has 4 nitrogen and oxygen atoms in total. The van der Waals surface area contributed by atoms with Crippen LogP contribution in [0.15, 0.2) is 72.8 Å². The fraction of sp³-hybridized carbons (Fsp3) is 0.344. The van der Waals surface area contributed by atoms with Gasteiger partial charge in [-0.15, -0.1) is 0 Å². The Kier molecular flexibility index (Phi) is 7.34.